The van der Waals surface area contributed by atoms with Gasteiger partial charge in [-0.25, -0.2) is 0 Å². The number of anilines is 1. The number of nitrogens with zero attached hydrogens (tertiary/aromatic N) is 6. The molecule has 2 heterocycles. The van der Waals surface area contributed by atoms with E-state index < -0.39 is 6.04 Å². The van der Waals surface area contributed by atoms with Crippen LogP contribution in [0.15, 0.2) is 72.9 Å². The van der Waals surface area contributed by atoms with Gasteiger partial charge in [0.25, 0.3) is 5.91 Å². The lowest BCUT2D eigenvalue weighted by Crippen LogP contribution is -2.48. The van der Waals surface area contributed by atoms with Crippen LogP contribution in [-0.2, 0) is 16.1 Å². The first-order valence-electron chi connectivity index (χ1n) is 13.4. The number of hydrogen-bond donors (Lipinski definition) is 1. The van der Waals surface area contributed by atoms with E-state index in [0.717, 1.165) is 42.4 Å². The molecule has 200 valence electrons. The van der Waals surface area contributed by atoms with E-state index in [0.29, 0.717) is 17.2 Å². The quantitative estimate of drug-likeness (QED) is 0.363. The van der Waals surface area contributed by atoms with E-state index in [1.807, 2.05) is 68.4 Å². The Hall–Kier alpha value is -4.40. The molecule has 1 aliphatic rings. The summed E-state index contributed by atoms with van der Waals surface area (Å²) in [6.45, 7) is 3.76. The lowest BCUT2D eigenvalue weighted by molar-refractivity contribution is -0.127. The molecule has 2 aromatic heterocycles. The molecule has 9 heteroatoms. The molecule has 9 nitrogen and oxygen atoms in total. The van der Waals surface area contributed by atoms with Crippen LogP contribution in [-0.4, -0.2) is 43.0 Å². The predicted octanol–water partition coefficient (Wildman–Crippen LogP) is 4.58. The molecule has 1 fully saturated rings. The van der Waals surface area contributed by atoms with Gasteiger partial charge in [-0.15, -0.1) is 10.2 Å². The number of benzene rings is 2. The highest BCUT2D eigenvalue weighted by atomic mass is 16.2. The maximum absolute atomic E-state index is 14.1. The number of carbonyl (C=O) groups excluding carboxylic acids is 2. The molecular weight excluding hydrogens is 490 g/mol. The zero-order chi connectivity index (χ0) is 27.2. The fourth-order valence-electron chi connectivity index (χ4n) is 5.19. The topological polar surface area (TPSA) is 106 Å². The molecule has 1 atom stereocenters. The number of amides is 2. The van der Waals surface area contributed by atoms with Crippen LogP contribution in [0.2, 0.25) is 0 Å². The second-order valence-corrected chi connectivity index (χ2v) is 10.1. The molecule has 2 aromatic carbocycles. The van der Waals surface area contributed by atoms with Gasteiger partial charge in [-0.1, -0.05) is 61.7 Å². The Morgan fingerprint density at radius 2 is 1.69 bits per heavy atom. The van der Waals surface area contributed by atoms with Crippen LogP contribution in [0.25, 0.3) is 11.4 Å². The van der Waals surface area contributed by atoms with Gasteiger partial charge >= 0.3 is 0 Å². The van der Waals surface area contributed by atoms with Crippen LogP contribution >= 0.6 is 0 Å². The highest BCUT2D eigenvalue weighted by Crippen LogP contribution is 2.30. The lowest BCUT2D eigenvalue weighted by Gasteiger charge is -2.33. The smallest absolute Gasteiger partial charge is 0.251 e. The molecule has 0 unspecified atom stereocenters. The van der Waals surface area contributed by atoms with E-state index in [9.17, 15) is 9.59 Å². The van der Waals surface area contributed by atoms with E-state index in [-0.39, 0.29) is 24.4 Å². The molecule has 1 N–H and O–H groups in total. The molecule has 0 bridgehead atoms. The van der Waals surface area contributed by atoms with Crippen molar-refractivity contribution in [2.75, 3.05) is 4.90 Å². The summed E-state index contributed by atoms with van der Waals surface area (Å²) >= 11 is 0. The van der Waals surface area contributed by atoms with Gasteiger partial charge in [-0.05, 0) is 67.3 Å². The second-order valence-electron chi connectivity index (χ2n) is 10.1. The van der Waals surface area contributed by atoms with Gasteiger partial charge in [0, 0.05) is 23.5 Å². The van der Waals surface area contributed by atoms with Crippen molar-refractivity contribution in [3.8, 4) is 11.4 Å². The molecule has 1 aliphatic carbocycles. The number of hydrogen-bond acceptors (Lipinski definition) is 6. The van der Waals surface area contributed by atoms with E-state index in [1.165, 1.54) is 16.1 Å². The molecule has 1 saturated carbocycles. The van der Waals surface area contributed by atoms with Crippen LogP contribution in [0.1, 0.15) is 55.0 Å². The van der Waals surface area contributed by atoms with E-state index in [4.69, 9.17) is 0 Å². The third-order valence-electron chi connectivity index (χ3n) is 6.94. The summed E-state index contributed by atoms with van der Waals surface area (Å²) in [5.41, 5.74) is 3.90. The Morgan fingerprint density at radius 3 is 2.38 bits per heavy atom. The highest BCUT2D eigenvalue weighted by Gasteiger charge is 2.35. The fraction of sp³-hybridized carbons (Fsp3) is 0.333. The van der Waals surface area contributed by atoms with Crippen LogP contribution in [0.4, 0.5) is 5.69 Å². The SMILES string of the molecule is Cc1cc(C)cc(N(C(=O)Cn2nnc(-c3ccccc3)n2)[C@@H](C(=O)NC2CCCCC2)c2ccccn2)c1. The Balaban J connectivity index is 1.51. The van der Waals surface area contributed by atoms with E-state index in [1.54, 1.807) is 18.3 Å². The third kappa shape index (κ3) is 6.37. The summed E-state index contributed by atoms with van der Waals surface area (Å²) in [5, 5.41) is 15.9. The van der Waals surface area contributed by atoms with Gasteiger partial charge in [-0.3, -0.25) is 19.5 Å². The van der Waals surface area contributed by atoms with Gasteiger partial charge in [-0.2, -0.15) is 4.80 Å². The monoisotopic (exact) mass is 523 g/mol. The molecule has 39 heavy (non-hydrogen) atoms. The zero-order valence-electron chi connectivity index (χ0n) is 22.3. The standard InChI is InChI=1S/C30H33N7O2/c1-21-17-22(2)19-25(18-21)37(27(38)20-36-34-29(33-35-36)23-11-5-3-6-12-23)28(26-15-9-10-16-31-26)30(39)32-24-13-7-4-8-14-24/h3,5-6,9-12,15-19,24,28H,4,7-8,13-14,20H2,1-2H3,(H,32,39)/t28-/m1/s1. The number of pyridine rings is 1. The van der Waals surface area contributed by atoms with Gasteiger partial charge in [0.1, 0.15) is 6.54 Å². The van der Waals surface area contributed by atoms with Crippen LogP contribution in [0, 0.1) is 13.8 Å². The molecule has 4 aromatic rings. The van der Waals surface area contributed by atoms with Crippen molar-refractivity contribution < 1.29 is 9.59 Å². The fourth-order valence-corrected chi connectivity index (χ4v) is 5.19. The number of aromatic nitrogens is 5. The Labute approximate surface area is 228 Å². The number of carbonyl (C=O) groups is 2. The zero-order valence-corrected chi connectivity index (χ0v) is 22.3. The molecule has 0 radical (unpaired) electrons. The molecule has 0 saturated heterocycles. The van der Waals surface area contributed by atoms with Gasteiger partial charge < -0.3 is 5.32 Å². The van der Waals surface area contributed by atoms with Gasteiger partial charge in [0.15, 0.2) is 6.04 Å². The first-order chi connectivity index (χ1) is 19.0. The number of rotatable bonds is 8. The van der Waals surface area contributed by atoms with E-state index >= 15 is 0 Å². The minimum Gasteiger partial charge on any atom is -0.351 e. The average molecular weight is 524 g/mol. The van der Waals surface area contributed by atoms with Crippen molar-refractivity contribution in [1.82, 2.24) is 30.5 Å². The summed E-state index contributed by atoms with van der Waals surface area (Å²) in [6, 6.07) is 19.9. The predicted molar refractivity (Wildman–Crippen MR) is 149 cm³/mol. The maximum atomic E-state index is 14.1. The maximum Gasteiger partial charge on any atom is 0.251 e. The van der Waals surface area contributed by atoms with Crippen LogP contribution in [0.3, 0.4) is 0 Å². The largest absolute Gasteiger partial charge is 0.351 e. The van der Waals surface area contributed by atoms with Crippen molar-refractivity contribution in [1.29, 1.82) is 0 Å². The van der Waals surface area contributed by atoms with Crippen molar-refractivity contribution in [2.24, 2.45) is 0 Å². The minimum atomic E-state index is -0.959. The van der Waals surface area contributed by atoms with Crippen molar-refractivity contribution in [2.45, 2.75) is 64.6 Å². The average Bonchev–Trinajstić information content (AvgIpc) is 3.41. The van der Waals surface area contributed by atoms with Crippen molar-refractivity contribution in [3.63, 3.8) is 0 Å². The second kappa shape index (κ2) is 12.0. The van der Waals surface area contributed by atoms with Crippen molar-refractivity contribution >= 4 is 17.5 Å². The number of tetrazole rings is 1. The Kier molecular flexibility index (Phi) is 8.05. The number of aryl methyl sites for hydroxylation is 2. The summed E-state index contributed by atoms with van der Waals surface area (Å²) in [6.07, 6.45) is 6.86. The Bertz CT molecular complexity index is 1400. The number of nitrogens with one attached hydrogen (secondary N) is 1. The molecule has 0 aliphatic heterocycles. The Morgan fingerprint density at radius 1 is 0.974 bits per heavy atom. The first-order valence-corrected chi connectivity index (χ1v) is 13.4. The van der Waals surface area contributed by atoms with Gasteiger partial charge in [0.2, 0.25) is 11.7 Å². The normalized spacial score (nSPS) is 14.5. The van der Waals surface area contributed by atoms with E-state index in [2.05, 4.69) is 25.7 Å². The highest BCUT2D eigenvalue weighted by molar-refractivity contribution is 6.01. The molecule has 5 rings (SSSR count). The van der Waals surface area contributed by atoms with Crippen LogP contribution in [0.5, 0.6) is 0 Å². The molecular formula is C30H33N7O2. The third-order valence-corrected chi connectivity index (χ3v) is 6.94. The van der Waals surface area contributed by atoms with Gasteiger partial charge in [0.05, 0.1) is 5.69 Å². The van der Waals surface area contributed by atoms with Crippen LogP contribution < -0.4 is 10.2 Å². The van der Waals surface area contributed by atoms with Crippen molar-refractivity contribution in [3.05, 3.63) is 89.7 Å². The lowest BCUT2D eigenvalue weighted by atomic mass is 9.95. The molecule has 2 amide bonds. The summed E-state index contributed by atoms with van der Waals surface area (Å²) < 4.78 is 0. The summed E-state index contributed by atoms with van der Waals surface area (Å²) in [5.74, 6) is -0.159. The first kappa shape index (κ1) is 26.2. The summed E-state index contributed by atoms with van der Waals surface area (Å²) in [4.78, 5) is 35.3. The molecule has 0 spiro atoms. The summed E-state index contributed by atoms with van der Waals surface area (Å²) in [7, 11) is 0. The minimum absolute atomic E-state index is 0.0825.